The Labute approximate surface area is 151 Å². The number of urea groups is 1. The highest BCUT2D eigenvalue weighted by atomic mass is 16.2. The predicted molar refractivity (Wildman–Crippen MR) is 97.4 cm³/mol. The minimum atomic E-state index is -0.301. The molecule has 1 atom stereocenters. The molecule has 2 heterocycles. The zero-order valence-electron chi connectivity index (χ0n) is 15.0. The number of aromatic nitrogens is 6. The van der Waals surface area contributed by atoms with E-state index in [-0.39, 0.29) is 12.1 Å². The number of amides is 2. The molecule has 0 spiro atoms. The molecule has 0 aliphatic rings. The number of aromatic amines is 1. The number of aryl methyl sites for hydroxylation is 2. The average Bonchev–Trinajstić information content (AvgIpc) is 3.25. The van der Waals surface area contributed by atoms with Crippen LogP contribution in [0.4, 0.5) is 10.5 Å². The number of hydrogen-bond acceptors (Lipinski definition) is 5. The minimum absolute atomic E-state index is 0.250. The topological polar surface area (TPSA) is 113 Å². The van der Waals surface area contributed by atoms with Gasteiger partial charge in [-0.2, -0.15) is 5.10 Å². The lowest BCUT2D eigenvalue weighted by Gasteiger charge is -2.15. The van der Waals surface area contributed by atoms with Crippen LogP contribution in [0.2, 0.25) is 0 Å². The molecule has 1 aromatic carbocycles. The van der Waals surface area contributed by atoms with Gasteiger partial charge in [-0.15, -0.1) is 10.2 Å². The molecular weight excluding hydrogens is 332 g/mol. The number of benzene rings is 1. The zero-order valence-corrected chi connectivity index (χ0v) is 15.0. The Balaban J connectivity index is 1.60. The highest BCUT2D eigenvalue weighted by Crippen LogP contribution is 2.18. The fourth-order valence-corrected chi connectivity index (χ4v) is 2.62. The molecule has 0 saturated heterocycles. The number of carbonyl (C=O) groups is 1. The molecule has 3 aromatic rings. The van der Waals surface area contributed by atoms with Crippen molar-refractivity contribution in [3.63, 3.8) is 0 Å². The lowest BCUT2D eigenvalue weighted by molar-refractivity contribution is 0.248. The molecule has 9 nitrogen and oxygen atoms in total. The standard InChI is InChI=1S/C17H22N8O/c1-4-9-25-10-18-24-16(25)11(2)19-17(26)21-14-7-5-13(6-8-14)15-20-12(3)22-23-15/h5-8,10-11H,4,9H2,1-3H3,(H2,19,21,26)(H,20,22,23). The Bertz CT molecular complexity index is 867. The van der Waals surface area contributed by atoms with Crippen molar-refractivity contribution in [2.45, 2.75) is 39.8 Å². The molecule has 0 radical (unpaired) electrons. The Morgan fingerprint density at radius 3 is 2.73 bits per heavy atom. The van der Waals surface area contributed by atoms with Crippen LogP contribution in [0.5, 0.6) is 0 Å². The first-order valence-electron chi connectivity index (χ1n) is 8.51. The average molecular weight is 354 g/mol. The van der Waals surface area contributed by atoms with Crippen LogP contribution in [0, 0.1) is 6.92 Å². The van der Waals surface area contributed by atoms with E-state index in [1.807, 2.05) is 42.7 Å². The number of carbonyl (C=O) groups excluding carboxylic acids is 1. The second kappa shape index (κ2) is 7.77. The fourth-order valence-electron chi connectivity index (χ4n) is 2.62. The lowest BCUT2D eigenvalue weighted by Crippen LogP contribution is -2.32. The lowest BCUT2D eigenvalue weighted by atomic mass is 10.2. The number of rotatable bonds is 6. The van der Waals surface area contributed by atoms with Gasteiger partial charge in [0.15, 0.2) is 11.6 Å². The molecule has 26 heavy (non-hydrogen) atoms. The van der Waals surface area contributed by atoms with Crippen LogP contribution in [0.3, 0.4) is 0 Å². The van der Waals surface area contributed by atoms with Gasteiger partial charge in [0.25, 0.3) is 0 Å². The molecule has 9 heteroatoms. The van der Waals surface area contributed by atoms with Crippen LogP contribution in [0.15, 0.2) is 30.6 Å². The van der Waals surface area contributed by atoms with Crippen LogP contribution in [0.1, 0.15) is 38.0 Å². The summed E-state index contributed by atoms with van der Waals surface area (Å²) in [5.41, 5.74) is 1.56. The third kappa shape index (κ3) is 4.05. The van der Waals surface area contributed by atoms with E-state index in [2.05, 4.69) is 42.9 Å². The molecule has 136 valence electrons. The smallest absolute Gasteiger partial charge is 0.319 e. The monoisotopic (exact) mass is 354 g/mol. The molecular formula is C17H22N8O. The van der Waals surface area contributed by atoms with Crippen LogP contribution >= 0.6 is 0 Å². The quantitative estimate of drug-likeness (QED) is 0.630. The largest absolute Gasteiger partial charge is 0.328 e. The van der Waals surface area contributed by atoms with E-state index in [1.165, 1.54) is 0 Å². The van der Waals surface area contributed by atoms with Crippen LogP contribution in [0.25, 0.3) is 11.4 Å². The summed E-state index contributed by atoms with van der Waals surface area (Å²) in [7, 11) is 0. The van der Waals surface area contributed by atoms with Crippen molar-refractivity contribution in [3.05, 3.63) is 42.2 Å². The van der Waals surface area contributed by atoms with Crippen LogP contribution in [-0.2, 0) is 6.54 Å². The molecule has 1 unspecified atom stereocenters. The van der Waals surface area contributed by atoms with Gasteiger partial charge in [-0.3, -0.25) is 5.10 Å². The normalized spacial score (nSPS) is 12.0. The second-order valence-electron chi connectivity index (χ2n) is 6.02. The molecule has 3 rings (SSSR count). The molecule has 0 saturated carbocycles. The highest BCUT2D eigenvalue weighted by molar-refractivity contribution is 5.89. The van der Waals surface area contributed by atoms with Crippen molar-refractivity contribution in [2.75, 3.05) is 5.32 Å². The number of H-pyrrole nitrogens is 1. The van der Waals surface area contributed by atoms with E-state index < -0.39 is 0 Å². The number of nitrogens with one attached hydrogen (secondary N) is 3. The molecule has 0 fully saturated rings. The van der Waals surface area contributed by atoms with Crippen molar-refractivity contribution in [1.82, 2.24) is 35.3 Å². The first kappa shape index (κ1) is 17.6. The molecule has 0 aliphatic heterocycles. The van der Waals surface area contributed by atoms with Gasteiger partial charge in [0.05, 0.1) is 6.04 Å². The minimum Gasteiger partial charge on any atom is -0.328 e. The summed E-state index contributed by atoms with van der Waals surface area (Å²) in [5, 5.41) is 20.6. The summed E-state index contributed by atoms with van der Waals surface area (Å²) >= 11 is 0. The van der Waals surface area contributed by atoms with E-state index in [1.54, 1.807) is 6.33 Å². The SMILES string of the molecule is CCCn1cnnc1C(C)NC(=O)Nc1ccc(-c2n[nH]c(C)n2)cc1. The number of nitrogens with zero attached hydrogens (tertiary/aromatic N) is 5. The summed E-state index contributed by atoms with van der Waals surface area (Å²) in [6.45, 7) is 6.62. The van der Waals surface area contributed by atoms with E-state index in [4.69, 9.17) is 0 Å². The second-order valence-corrected chi connectivity index (χ2v) is 6.02. The predicted octanol–water partition coefficient (Wildman–Crippen LogP) is 2.66. The number of hydrogen-bond donors (Lipinski definition) is 3. The van der Waals surface area contributed by atoms with Crippen LogP contribution < -0.4 is 10.6 Å². The Morgan fingerprint density at radius 2 is 2.08 bits per heavy atom. The first-order chi connectivity index (χ1) is 12.6. The maximum atomic E-state index is 12.2. The first-order valence-corrected chi connectivity index (χ1v) is 8.51. The molecule has 3 N–H and O–H groups in total. The van der Waals surface area contributed by atoms with Gasteiger partial charge in [0, 0.05) is 17.8 Å². The fraction of sp³-hybridized carbons (Fsp3) is 0.353. The summed E-state index contributed by atoms with van der Waals surface area (Å²) in [5.74, 6) is 2.12. The van der Waals surface area contributed by atoms with Gasteiger partial charge in [0.2, 0.25) is 0 Å². The Morgan fingerprint density at radius 1 is 1.31 bits per heavy atom. The summed E-state index contributed by atoms with van der Waals surface area (Å²) in [6.07, 6.45) is 2.65. The summed E-state index contributed by atoms with van der Waals surface area (Å²) in [4.78, 5) is 16.5. The Hall–Kier alpha value is -3.23. The van der Waals surface area contributed by atoms with Gasteiger partial charge in [-0.05, 0) is 44.5 Å². The van der Waals surface area contributed by atoms with E-state index in [0.717, 1.165) is 30.2 Å². The van der Waals surface area contributed by atoms with Gasteiger partial charge in [-0.1, -0.05) is 6.92 Å². The van der Waals surface area contributed by atoms with Gasteiger partial charge < -0.3 is 15.2 Å². The third-order valence-electron chi connectivity index (χ3n) is 3.84. The summed E-state index contributed by atoms with van der Waals surface area (Å²) < 4.78 is 1.94. The third-order valence-corrected chi connectivity index (χ3v) is 3.84. The van der Waals surface area contributed by atoms with E-state index >= 15 is 0 Å². The van der Waals surface area contributed by atoms with Gasteiger partial charge >= 0.3 is 6.03 Å². The molecule has 2 aromatic heterocycles. The van der Waals surface area contributed by atoms with Gasteiger partial charge in [0.1, 0.15) is 12.2 Å². The van der Waals surface area contributed by atoms with Crippen molar-refractivity contribution in [2.24, 2.45) is 0 Å². The highest BCUT2D eigenvalue weighted by Gasteiger charge is 2.15. The maximum Gasteiger partial charge on any atom is 0.319 e. The van der Waals surface area contributed by atoms with Crippen molar-refractivity contribution >= 4 is 11.7 Å². The Kier molecular flexibility index (Phi) is 5.26. The van der Waals surface area contributed by atoms with Crippen molar-refractivity contribution in [3.8, 4) is 11.4 Å². The van der Waals surface area contributed by atoms with Crippen LogP contribution in [-0.4, -0.2) is 36.0 Å². The zero-order chi connectivity index (χ0) is 18.5. The molecule has 2 amide bonds. The van der Waals surface area contributed by atoms with E-state index in [0.29, 0.717) is 11.5 Å². The van der Waals surface area contributed by atoms with E-state index in [9.17, 15) is 4.79 Å². The van der Waals surface area contributed by atoms with Crippen molar-refractivity contribution < 1.29 is 4.79 Å². The van der Waals surface area contributed by atoms with Gasteiger partial charge in [-0.25, -0.2) is 9.78 Å². The maximum absolute atomic E-state index is 12.2. The number of anilines is 1. The molecule has 0 aliphatic carbocycles. The molecule has 0 bridgehead atoms. The summed E-state index contributed by atoms with van der Waals surface area (Å²) in [6, 6.07) is 6.79. The van der Waals surface area contributed by atoms with Crippen molar-refractivity contribution in [1.29, 1.82) is 0 Å².